The highest BCUT2D eigenvalue weighted by Gasteiger charge is 2.29. The first-order chi connectivity index (χ1) is 14.2. The molecule has 0 aromatic heterocycles. The van der Waals surface area contributed by atoms with Crippen molar-refractivity contribution in [1.82, 2.24) is 5.32 Å². The van der Waals surface area contributed by atoms with Crippen LogP contribution in [0.4, 0.5) is 0 Å². The van der Waals surface area contributed by atoms with Gasteiger partial charge in [-0.2, -0.15) is 0 Å². The number of esters is 1. The van der Waals surface area contributed by atoms with Gasteiger partial charge in [0.25, 0.3) is 5.91 Å². The minimum absolute atomic E-state index is 0.340. The summed E-state index contributed by atoms with van der Waals surface area (Å²) in [4.78, 5) is 25.7. The monoisotopic (exact) mass is 389 g/mol. The van der Waals surface area contributed by atoms with Crippen molar-refractivity contribution in [3.8, 4) is 0 Å². The van der Waals surface area contributed by atoms with Crippen LogP contribution >= 0.6 is 0 Å². The van der Waals surface area contributed by atoms with Gasteiger partial charge in [-0.15, -0.1) is 0 Å². The molecular weight excluding hydrogens is 366 g/mol. The van der Waals surface area contributed by atoms with Crippen molar-refractivity contribution in [2.75, 3.05) is 7.11 Å². The lowest BCUT2D eigenvalue weighted by molar-refractivity contribution is -0.166. The number of hydrogen-bond donors (Lipinski definition) is 1. The Hall–Kier alpha value is -3.44. The first-order valence-corrected chi connectivity index (χ1v) is 9.34. The van der Waals surface area contributed by atoms with Gasteiger partial charge in [-0.1, -0.05) is 91.0 Å². The van der Waals surface area contributed by atoms with Gasteiger partial charge in [0.15, 0.2) is 6.10 Å². The molecule has 0 heterocycles. The zero-order valence-corrected chi connectivity index (χ0v) is 16.2. The molecular formula is C24H23NO4. The first kappa shape index (κ1) is 20.3. The second-order valence-corrected chi connectivity index (χ2v) is 6.46. The zero-order valence-electron chi connectivity index (χ0n) is 16.2. The number of carbonyl (C=O) groups excluding carboxylic acids is 2. The van der Waals surface area contributed by atoms with Crippen LogP contribution < -0.4 is 5.32 Å². The van der Waals surface area contributed by atoms with Crippen LogP contribution in [0.2, 0.25) is 0 Å². The first-order valence-electron chi connectivity index (χ1n) is 9.34. The summed E-state index contributed by atoms with van der Waals surface area (Å²) in [7, 11) is 1.44. The van der Waals surface area contributed by atoms with E-state index in [1.54, 1.807) is 36.4 Å². The Labute approximate surface area is 170 Å². The van der Waals surface area contributed by atoms with Crippen molar-refractivity contribution in [3.05, 3.63) is 108 Å². The molecule has 0 spiro atoms. The molecule has 0 unspecified atom stereocenters. The average molecular weight is 389 g/mol. The SMILES string of the molecule is CO[C@H](C(=O)O[C@@H](C(=O)NCc1ccccc1)c1ccccc1)c1ccccc1. The van der Waals surface area contributed by atoms with Crippen LogP contribution in [-0.2, 0) is 25.6 Å². The number of nitrogens with one attached hydrogen (secondary N) is 1. The largest absolute Gasteiger partial charge is 0.445 e. The van der Waals surface area contributed by atoms with Crippen LogP contribution in [0.3, 0.4) is 0 Å². The van der Waals surface area contributed by atoms with E-state index in [0.717, 1.165) is 5.56 Å². The quantitative estimate of drug-likeness (QED) is 0.592. The summed E-state index contributed by atoms with van der Waals surface area (Å²) >= 11 is 0. The highest BCUT2D eigenvalue weighted by atomic mass is 16.6. The van der Waals surface area contributed by atoms with Gasteiger partial charge in [-0.05, 0) is 11.1 Å². The van der Waals surface area contributed by atoms with Crippen LogP contribution in [0.5, 0.6) is 0 Å². The fourth-order valence-corrected chi connectivity index (χ4v) is 2.95. The van der Waals surface area contributed by atoms with E-state index >= 15 is 0 Å². The van der Waals surface area contributed by atoms with Gasteiger partial charge in [-0.25, -0.2) is 4.79 Å². The molecule has 3 aromatic rings. The molecule has 0 aliphatic carbocycles. The van der Waals surface area contributed by atoms with E-state index in [-0.39, 0.29) is 0 Å². The molecule has 1 amide bonds. The summed E-state index contributed by atoms with van der Waals surface area (Å²) in [6, 6.07) is 27.5. The number of carbonyl (C=O) groups is 2. The molecule has 0 radical (unpaired) electrons. The third-order valence-electron chi connectivity index (χ3n) is 4.44. The second-order valence-electron chi connectivity index (χ2n) is 6.46. The van der Waals surface area contributed by atoms with Crippen LogP contribution in [0.25, 0.3) is 0 Å². The minimum atomic E-state index is -1.08. The fraction of sp³-hybridized carbons (Fsp3) is 0.167. The molecule has 29 heavy (non-hydrogen) atoms. The summed E-state index contributed by atoms with van der Waals surface area (Å²) < 4.78 is 11.0. The lowest BCUT2D eigenvalue weighted by Crippen LogP contribution is -2.33. The van der Waals surface area contributed by atoms with Crippen molar-refractivity contribution < 1.29 is 19.1 Å². The molecule has 0 bridgehead atoms. The Morgan fingerprint density at radius 3 is 1.76 bits per heavy atom. The Morgan fingerprint density at radius 1 is 0.759 bits per heavy atom. The molecule has 3 rings (SSSR count). The van der Waals surface area contributed by atoms with E-state index in [4.69, 9.17) is 9.47 Å². The van der Waals surface area contributed by atoms with Crippen molar-refractivity contribution in [3.63, 3.8) is 0 Å². The zero-order chi connectivity index (χ0) is 20.5. The summed E-state index contributed by atoms with van der Waals surface area (Å²) in [5.74, 6) is -1.02. The van der Waals surface area contributed by atoms with E-state index in [9.17, 15) is 9.59 Å². The Kier molecular flexibility index (Phi) is 7.14. The summed E-state index contributed by atoms with van der Waals surface area (Å²) in [6.07, 6.45) is -1.99. The molecule has 0 aliphatic rings. The predicted octanol–water partition coefficient (Wildman–Crippen LogP) is 3.98. The highest BCUT2D eigenvalue weighted by molar-refractivity contribution is 5.86. The third kappa shape index (κ3) is 5.53. The van der Waals surface area contributed by atoms with E-state index in [2.05, 4.69) is 5.32 Å². The third-order valence-corrected chi connectivity index (χ3v) is 4.44. The van der Waals surface area contributed by atoms with Crippen molar-refractivity contribution in [2.45, 2.75) is 18.8 Å². The standard InChI is InChI=1S/C24H23NO4/c1-28-22(20-15-9-4-10-16-20)24(27)29-21(19-13-7-3-8-14-19)23(26)25-17-18-11-5-2-6-12-18/h2-16,21-22H,17H2,1H3,(H,25,26)/t21-,22+/m1/s1. The number of hydrogen-bond acceptors (Lipinski definition) is 4. The molecule has 2 atom stereocenters. The average Bonchev–Trinajstić information content (AvgIpc) is 2.78. The fourth-order valence-electron chi connectivity index (χ4n) is 2.95. The number of amides is 1. The maximum Gasteiger partial charge on any atom is 0.341 e. The molecule has 0 aliphatic heterocycles. The van der Waals surface area contributed by atoms with E-state index in [1.165, 1.54) is 7.11 Å². The molecule has 0 fully saturated rings. The molecule has 0 saturated heterocycles. The minimum Gasteiger partial charge on any atom is -0.445 e. The number of methoxy groups -OCH3 is 1. The Morgan fingerprint density at radius 2 is 1.24 bits per heavy atom. The van der Waals surface area contributed by atoms with Gasteiger partial charge in [0, 0.05) is 19.2 Å². The van der Waals surface area contributed by atoms with Crippen molar-refractivity contribution in [1.29, 1.82) is 0 Å². The van der Waals surface area contributed by atoms with E-state index in [0.29, 0.717) is 17.7 Å². The van der Waals surface area contributed by atoms with E-state index in [1.807, 2.05) is 54.6 Å². The van der Waals surface area contributed by atoms with Gasteiger partial charge < -0.3 is 14.8 Å². The van der Waals surface area contributed by atoms with Gasteiger partial charge in [0.2, 0.25) is 6.10 Å². The summed E-state index contributed by atoms with van der Waals surface area (Å²) in [6.45, 7) is 0.340. The molecule has 0 saturated carbocycles. The van der Waals surface area contributed by atoms with Crippen LogP contribution in [0, 0.1) is 0 Å². The number of rotatable bonds is 8. The second kappa shape index (κ2) is 10.2. The summed E-state index contributed by atoms with van der Waals surface area (Å²) in [5.41, 5.74) is 2.21. The predicted molar refractivity (Wildman–Crippen MR) is 110 cm³/mol. The van der Waals surface area contributed by atoms with E-state index < -0.39 is 24.1 Å². The highest BCUT2D eigenvalue weighted by Crippen LogP contribution is 2.24. The maximum atomic E-state index is 12.9. The van der Waals surface area contributed by atoms with Crippen LogP contribution in [0.15, 0.2) is 91.0 Å². The Balaban J connectivity index is 1.76. The molecule has 148 valence electrons. The smallest absolute Gasteiger partial charge is 0.341 e. The van der Waals surface area contributed by atoms with Gasteiger partial charge in [0.05, 0.1) is 0 Å². The normalized spacial score (nSPS) is 12.6. The molecule has 3 aromatic carbocycles. The van der Waals surface area contributed by atoms with Crippen molar-refractivity contribution in [2.24, 2.45) is 0 Å². The van der Waals surface area contributed by atoms with Crippen molar-refractivity contribution >= 4 is 11.9 Å². The lowest BCUT2D eigenvalue weighted by Gasteiger charge is -2.21. The maximum absolute atomic E-state index is 12.9. The van der Waals surface area contributed by atoms with Crippen LogP contribution in [0.1, 0.15) is 28.9 Å². The molecule has 1 N–H and O–H groups in total. The molecule has 5 nitrogen and oxygen atoms in total. The number of benzene rings is 3. The van der Waals surface area contributed by atoms with Gasteiger partial charge in [-0.3, -0.25) is 4.79 Å². The number of ether oxygens (including phenoxy) is 2. The molecule has 5 heteroatoms. The van der Waals surface area contributed by atoms with Gasteiger partial charge >= 0.3 is 5.97 Å². The Bertz CT molecular complexity index is 913. The summed E-state index contributed by atoms with van der Waals surface area (Å²) in [5, 5.41) is 2.84. The van der Waals surface area contributed by atoms with Crippen LogP contribution in [-0.4, -0.2) is 19.0 Å². The van der Waals surface area contributed by atoms with Gasteiger partial charge in [0.1, 0.15) is 0 Å². The lowest BCUT2D eigenvalue weighted by atomic mass is 10.1. The topological polar surface area (TPSA) is 64.6 Å².